The number of aromatic nitrogens is 2. The Morgan fingerprint density at radius 2 is 1.80 bits per heavy atom. The normalized spacial score (nSPS) is 11.3. The average molecular weight is 353 g/mol. The fourth-order valence-electron chi connectivity index (χ4n) is 2.52. The molecule has 1 heterocycles. The Balaban J connectivity index is 1.94. The monoisotopic (exact) mass is 352 g/mol. The number of likely N-dealkylation sites (N-methyl/N-ethyl adjacent to an activating group) is 1. The topological polar surface area (TPSA) is 49.8 Å². The van der Waals surface area contributed by atoms with Crippen LogP contribution in [-0.4, -0.2) is 30.1 Å². The third-order valence-electron chi connectivity index (χ3n) is 3.83. The van der Waals surface area contributed by atoms with E-state index in [1.54, 1.807) is 0 Å². The van der Waals surface area contributed by atoms with Crippen molar-refractivity contribution < 1.29 is 0 Å². The van der Waals surface area contributed by atoms with Crippen LogP contribution in [0.3, 0.4) is 0 Å². The van der Waals surface area contributed by atoms with Gasteiger partial charge in [0.15, 0.2) is 5.82 Å². The molecule has 25 heavy (non-hydrogen) atoms. The molecule has 0 fully saturated rings. The summed E-state index contributed by atoms with van der Waals surface area (Å²) < 4.78 is 0. The van der Waals surface area contributed by atoms with Crippen LogP contribution in [0.5, 0.6) is 0 Å². The van der Waals surface area contributed by atoms with Crippen LogP contribution in [0.4, 0.5) is 5.82 Å². The van der Waals surface area contributed by atoms with Gasteiger partial charge in [-0.3, -0.25) is 0 Å². The second-order valence-electron chi connectivity index (χ2n) is 5.87. The van der Waals surface area contributed by atoms with E-state index in [9.17, 15) is 0 Å². The zero-order valence-electron chi connectivity index (χ0n) is 14.4. The lowest BCUT2D eigenvalue weighted by molar-refractivity contribution is 0.821. The number of benzene rings is 2. The van der Waals surface area contributed by atoms with Gasteiger partial charge >= 0.3 is 0 Å². The van der Waals surface area contributed by atoms with E-state index in [0.717, 1.165) is 40.4 Å². The lowest BCUT2D eigenvalue weighted by Crippen LogP contribution is -2.18. The first-order valence-electron chi connectivity index (χ1n) is 8.26. The van der Waals surface area contributed by atoms with Crippen molar-refractivity contribution in [3.8, 4) is 0 Å². The van der Waals surface area contributed by atoms with E-state index in [1.165, 1.54) is 5.56 Å². The van der Waals surface area contributed by atoms with Crippen molar-refractivity contribution in [1.82, 2.24) is 15.3 Å². The maximum atomic E-state index is 5.93. The number of hydrogen-bond acceptors (Lipinski definition) is 4. The number of nitrogens with one attached hydrogen (secondary N) is 2. The van der Waals surface area contributed by atoms with Gasteiger partial charge in [0.25, 0.3) is 0 Å². The minimum atomic E-state index is 0.679. The molecule has 0 unspecified atom stereocenters. The molecule has 0 radical (unpaired) electrons. The van der Waals surface area contributed by atoms with Gasteiger partial charge in [0.2, 0.25) is 0 Å². The molecule has 3 aromatic rings. The Kier molecular flexibility index (Phi) is 5.64. The van der Waals surface area contributed by atoms with Gasteiger partial charge in [0, 0.05) is 23.5 Å². The van der Waals surface area contributed by atoms with Crippen LogP contribution in [0, 0.1) is 6.92 Å². The van der Waals surface area contributed by atoms with Crippen molar-refractivity contribution in [1.29, 1.82) is 0 Å². The largest absolute Gasteiger partial charge is 0.368 e. The van der Waals surface area contributed by atoms with Crippen LogP contribution in [-0.2, 0) is 0 Å². The summed E-state index contributed by atoms with van der Waals surface area (Å²) in [6, 6.07) is 13.9. The van der Waals surface area contributed by atoms with Gasteiger partial charge in [-0.05, 0) is 49.9 Å². The van der Waals surface area contributed by atoms with Crippen LogP contribution in [0.15, 0.2) is 42.5 Å². The lowest BCUT2D eigenvalue weighted by atomic mass is 10.1. The van der Waals surface area contributed by atoms with Crippen molar-refractivity contribution in [2.45, 2.75) is 6.92 Å². The number of fused-ring (bicyclic) bond motifs is 1. The second-order valence-corrected chi connectivity index (χ2v) is 6.30. The molecule has 0 aliphatic heterocycles. The zero-order chi connectivity index (χ0) is 17.6. The Hall–Kier alpha value is -2.43. The Morgan fingerprint density at radius 1 is 1.00 bits per heavy atom. The molecule has 0 aliphatic carbocycles. The third-order valence-corrected chi connectivity index (χ3v) is 4.08. The first-order chi connectivity index (χ1) is 12.2. The van der Waals surface area contributed by atoms with Gasteiger partial charge in [0.1, 0.15) is 5.82 Å². The number of hydrogen-bond donors (Lipinski definition) is 2. The van der Waals surface area contributed by atoms with E-state index in [0.29, 0.717) is 5.82 Å². The summed E-state index contributed by atoms with van der Waals surface area (Å²) in [7, 11) is 1.93. The van der Waals surface area contributed by atoms with Crippen molar-refractivity contribution >= 4 is 40.5 Å². The van der Waals surface area contributed by atoms with Crippen LogP contribution in [0.1, 0.15) is 17.0 Å². The molecule has 2 N–H and O–H groups in total. The molecule has 0 spiro atoms. The smallest absolute Gasteiger partial charge is 0.154 e. The van der Waals surface area contributed by atoms with E-state index in [4.69, 9.17) is 11.6 Å². The molecule has 0 saturated carbocycles. The van der Waals surface area contributed by atoms with Crippen LogP contribution in [0.2, 0.25) is 5.02 Å². The summed E-state index contributed by atoms with van der Waals surface area (Å²) in [5.74, 6) is 1.54. The SMILES string of the molecule is CNCCNc1nc(/C=C/c2ccc(Cl)cc2)nc2ccc(C)cc12. The molecule has 1 aromatic heterocycles. The summed E-state index contributed by atoms with van der Waals surface area (Å²) in [4.78, 5) is 9.34. The summed E-state index contributed by atoms with van der Waals surface area (Å²) in [5.41, 5.74) is 3.18. The Morgan fingerprint density at radius 3 is 2.56 bits per heavy atom. The molecule has 4 nitrogen and oxygen atoms in total. The third kappa shape index (κ3) is 4.56. The summed E-state index contributed by atoms with van der Waals surface area (Å²) in [5, 5.41) is 8.30. The van der Waals surface area contributed by atoms with Gasteiger partial charge in [-0.2, -0.15) is 0 Å². The predicted molar refractivity (Wildman–Crippen MR) is 107 cm³/mol. The minimum absolute atomic E-state index is 0.679. The molecule has 0 bridgehead atoms. The molecule has 0 amide bonds. The maximum Gasteiger partial charge on any atom is 0.154 e. The number of rotatable bonds is 6. The van der Waals surface area contributed by atoms with E-state index in [2.05, 4.69) is 39.7 Å². The molecular weight excluding hydrogens is 332 g/mol. The molecule has 0 aliphatic rings. The van der Waals surface area contributed by atoms with E-state index in [1.807, 2.05) is 49.5 Å². The number of nitrogens with zero attached hydrogens (tertiary/aromatic N) is 2. The molecule has 3 rings (SSSR count). The first-order valence-corrected chi connectivity index (χ1v) is 8.64. The highest BCUT2D eigenvalue weighted by Gasteiger charge is 2.06. The summed E-state index contributed by atoms with van der Waals surface area (Å²) in [6.07, 6.45) is 3.91. The fraction of sp³-hybridized carbons (Fsp3) is 0.200. The van der Waals surface area contributed by atoms with Gasteiger partial charge in [-0.25, -0.2) is 9.97 Å². The highest BCUT2D eigenvalue weighted by molar-refractivity contribution is 6.30. The summed E-state index contributed by atoms with van der Waals surface area (Å²) in [6.45, 7) is 3.75. The molecule has 0 atom stereocenters. The van der Waals surface area contributed by atoms with E-state index >= 15 is 0 Å². The van der Waals surface area contributed by atoms with Crippen LogP contribution < -0.4 is 10.6 Å². The minimum Gasteiger partial charge on any atom is -0.368 e. The maximum absolute atomic E-state index is 5.93. The quantitative estimate of drug-likeness (QED) is 0.646. The number of halogens is 1. The van der Waals surface area contributed by atoms with Crippen molar-refractivity contribution in [2.75, 3.05) is 25.5 Å². The average Bonchev–Trinajstić information content (AvgIpc) is 2.62. The van der Waals surface area contributed by atoms with Gasteiger partial charge in [0.05, 0.1) is 5.52 Å². The van der Waals surface area contributed by atoms with Crippen molar-refractivity contribution in [3.05, 3.63) is 64.4 Å². The second kappa shape index (κ2) is 8.10. The summed E-state index contributed by atoms with van der Waals surface area (Å²) >= 11 is 5.93. The number of anilines is 1. The Labute approximate surface area is 153 Å². The highest BCUT2D eigenvalue weighted by atomic mass is 35.5. The predicted octanol–water partition coefficient (Wildman–Crippen LogP) is 4.39. The number of aryl methyl sites for hydroxylation is 1. The standard InChI is InChI=1S/C20H21ClN4/c1-14-3-9-18-17(13-14)20(23-12-11-22-2)25-19(24-18)10-6-15-4-7-16(21)8-5-15/h3-10,13,22H,11-12H2,1-2H3,(H,23,24,25)/b10-6+. The fourth-order valence-corrected chi connectivity index (χ4v) is 2.65. The van der Waals surface area contributed by atoms with E-state index < -0.39 is 0 Å². The molecule has 5 heteroatoms. The molecule has 0 saturated heterocycles. The zero-order valence-corrected chi connectivity index (χ0v) is 15.1. The van der Waals surface area contributed by atoms with Crippen molar-refractivity contribution in [2.24, 2.45) is 0 Å². The van der Waals surface area contributed by atoms with E-state index in [-0.39, 0.29) is 0 Å². The van der Waals surface area contributed by atoms with Gasteiger partial charge in [-0.15, -0.1) is 0 Å². The van der Waals surface area contributed by atoms with Crippen LogP contribution in [0.25, 0.3) is 23.1 Å². The van der Waals surface area contributed by atoms with Crippen molar-refractivity contribution in [3.63, 3.8) is 0 Å². The first kappa shape index (κ1) is 17.4. The van der Waals surface area contributed by atoms with Gasteiger partial charge in [-0.1, -0.05) is 41.4 Å². The lowest BCUT2D eigenvalue weighted by Gasteiger charge is -2.10. The molecule has 128 valence electrons. The molecular formula is C20H21ClN4. The Bertz CT molecular complexity index is 888. The van der Waals surface area contributed by atoms with Gasteiger partial charge < -0.3 is 10.6 Å². The molecule has 2 aromatic carbocycles. The highest BCUT2D eigenvalue weighted by Crippen LogP contribution is 2.22. The van der Waals surface area contributed by atoms with Crippen LogP contribution >= 0.6 is 11.6 Å².